The first kappa shape index (κ1) is 26.1. The van der Waals surface area contributed by atoms with Crippen LogP contribution in [0.3, 0.4) is 0 Å². The van der Waals surface area contributed by atoms with Crippen molar-refractivity contribution in [1.82, 2.24) is 10.3 Å². The minimum absolute atomic E-state index is 0.0532. The number of allylic oxidation sites excluding steroid dienone is 4. The number of benzene rings is 2. The Morgan fingerprint density at radius 1 is 1.14 bits per heavy atom. The fraction of sp³-hybridized carbons (Fsp3) is 0.148. The number of amides is 2. The van der Waals surface area contributed by atoms with E-state index in [0.717, 1.165) is 11.1 Å². The molecule has 1 aromatic heterocycles. The van der Waals surface area contributed by atoms with Crippen molar-refractivity contribution < 1.29 is 18.0 Å². The van der Waals surface area contributed by atoms with E-state index in [4.69, 9.17) is 0 Å². The first-order valence-corrected chi connectivity index (χ1v) is 13.8. The van der Waals surface area contributed by atoms with Gasteiger partial charge in [-0.05, 0) is 54.8 Å². The number of sulfonamides is 1. The monoisotopic (exact) mass is 534 g/mol. The molecule has 0 radical (unpaired) electrons. The highest BCUT2D eigenvalue weighted by molar-refractivity contribution is 7.92. The van der Waals surface area contributed by atoms with Crippen LogP contribution < -0.4 is 14.9 Å². The number of thiazole rings is 1. The summed E-state index contributed by atoms with van der Waals surface area (Å²) in [6.07, 6.45) is 5.93. The fourth-order valence-corrected chi connectivity index (χ4v) is 6.17. The van der Waals surface area contributed by atoms with Crippen molar-refractivity contribution in [3.63, 3.8) is 0 Å². The van der Waals surface area contributed by atoms with E-state index in [-0.39, 0.29) is 16.4 Å². The van der Waals surface area contributed by atoms with Gasteiger partial charge in [-0.15, -0.1) is 11.3 Å². The first-order chi connectivity index (χ1) is 17.7. The van der Waals surface area contributed by atoms with E-state index in [1.807, 2.05) is 31.2 Å². The Morgan fingerprint density at radius 2 is 1.92 bits per heavy atom. The topological polar surface area (TPSA) is 108 Å². The molecule has 2 heterocycles. The lowest BCUT2D eigenvalue weighted by Gasteiger charge is -2.19. The lowest BCUT2D eigenvalue weighted by molar-refractivity contribution is -0.118. The normalized spacial score (nSPS) is 13.5. The van der Waals surface area contributed by atoms with Crippen LogP contribution in [0.2, 0.25) is 0 Å². The molecule has 0 spiro atoms. The van der Waals surface area contributed by atoms with Crippen molar-refractivity contribution in [1.29, 1.82) is 0 Å². The standard InChI is InChI=1S/C27H26N4O4S2/c1-4-20(13-12-18(2)28-19(3)32)24-17-36-27(29-24)30-26(33)22-9-7-10-23(16-22)37(34,35)31-15-14-21-8-5-6-11-25(21)31/h4-13,16-17H,2,14-15H2,1,3H3,(H,28,32)(H,29,30,33)/b13-12-,20-4+. The zero-order valence-corrected chi connectivity index (χ0v) is 22.0. The second-order valence-electron chi connectivity index (χ2n) is 8.26. The maximum Gasteiger partial charge on any atom is 0.264 e. The fourth-order valence-electron chi connectivity index (χ4n) is 3.90. The van der Waals surface area contributed by atoms with Gasteiger partial charge in [-0.1, -0.05) is 43.0 Å². The number of carbonyl (C=O) groups is 2. The molecule has 0 atom stereocenters. The Kier molecular flexibility index (Phi) is 7.70. The SMILES string of the molecule is C=C(/C=C\C(=C/C)c1csc(NC(=O)c2cccc(S(=O)(=O)N3CCc4ccccc43)c2)n1)NC(C)=O. The quantitative estimate of drug-likeness (QED) is 0.405. The zero-order valence-electron chi connectivity index (χ0n) is 20.4. The number of aromatic nitrogens is 1. The third-order valence-electron chi connectivity index (χ3n) is 5.66. The number of nitrogens with one attached hydrogen (secondary N) is 2. The van der Waals surface area contributed by atoms with Gasteiger partial charge in [-0.3, -0.25) is 19.2 Å². The van der Waals surface area contributed by atoms with Gasteiger partial charge in [0.2, 0.25) is 5.91 Å². The van der Waals surface area contributed by atoms with E-state index in [0.29, 0.717) is 35.2 Å². The van der Waals surface area contributed by atoms with Crippen LogP contribution in [-0.2, 0) is 21.2 Å². The Bertz CT molecular complexity index is 1540. The van der Waals surface area contributed by atoms with Gasteiger partial charge < -0.3 is 5.32 Å². The molecule has 0 bridgehead atoms. The number of nitrogens with zero attached hydrogens (tertiary/aromatic N) is 2. The summed E-state index contributed by atoms with van der Waals surface area (Å²) in [6, 6.07) is 13.4. The van der Waals surface area contributed by atoms with Crippen LogP contribution >= 0.6 is 11.3 Å². The van der Waals surface area contributed by atoms with Crippen LogP contribution in [0, 0.1) is 0 Å². The summed E-state index contributed by atoms with van der Waals surface area (Å²) in [6.45, 7) is 7.38. The van der Waals surface area contributed by atoms with E-state index in [1.54, 1.807) is 35.7 Å². The second kappa shape index (κ2) is 10.9. The van der Waals surface area contributed by atoms with Crippen molar-refractivity contribution in [3.05, 3.63) is 101 Å². The molecule has 10 heteroatoms. The molecule has 37 heavy (non-hydrogen) atoms. The van der Waals surface area contributed by atoms with E-state index in [2.05, 4.69) is 22.2 Å². The van der Waals surface area contributed by atoms with Gasteiger partial charge in [0.05, 0.1) is 16.3 Å². The highest BCUT2D eigenvalue weighted by Crippen LogP contribution is 2.33. The summed E-state index contributed by atoms with van der Waals surface area (Å²) in [5, 5.41) is 7.50. The molecule has 0 saturated carbocycles. The molecule has 2 amide bonds. The van der Waals surface area contributed by atoms with Gasteiger partial charge in [-0.2, -0.15) is 0 Å². The van der Waals surface area contributed by atoms with Crippen LogP contribution in [0.4, 0.5) is 10.8 Å². The molecule has 0 fully saturated rings. The molecule has 8 nitrogen and oxygen atoms in total. The molecule has 1 aliphatic rings. The van der Waals surface area contributed by atoms with Gasteiger partial charge >= 0.3 is 0 Å². The number of fused-ring (bicyclic) bond motifs is 1. The van der Waals surface area contributed by atoms with Crippen molar-refractivity contribution in [2.45, 2.75) is 25.2 Å². The summed E-state index contributed by atoms with van der Waals surface area (Å²) in [4.78, 5) is 28.6. The maximum absolute atomic E-state index is 13.4. The molecule has 2 N–H and O–H groups in total. The van der Waals surface area contributed by atoms with E-state index in [1.165, 1.54) is 34.7 Å². The van der Waals surface area contributed by atoms with Crippen LogP contribution in [0.5, 0.6) is 0 Å². The number of hydrogen-bond acceptors (Lipinski definition) is 6. The highest BCUT2D eigenvalue weighted by atomic mass is 32.2. The molecule has 1 aliphatic heterocycles. The van der Waals surface area contributed by atoms with Crippen molar-refractivity contribution in [2.75, 3.05) is 16.2 Å². The smallest absolute Gasteiger partial charge is 0.264 e. The van der Waals surface area contributed by atoms with Gasteiger partial charge in [0, 0.05) is 30.1 Å². The maximum atomic E-state index is 13.4. The van der Waals surface area contributed by atoms with Crippen LogP contribution in [-0.4, -0.2) is 31.8 Å². The van der Waals surface area contributed by atoms with E-state index >= 15 is 0 Å². The molecule has 0 saturated heterocycles. The lowest BCUT2D eigenvalue weighted by Crippen LogP contribution is -2.29. The summed E-state index contributed by atoms with van der Waals surface area (Å²) in [7, 11) is -3.82. The predicted octanol–water partition coefficient (Wildman–Crippen LogP) is 4.76. The van der Waals surface area contributed by atoms with Crippen molar-refractivity contribution in [3.8, 4) is 0 Å². The van der Waals surface area contributed by atoms with Crippen LogP contribution in [0.1, 0.15) is 35.5 Å². The zero-order chi connectivity index (χ0) is 26.6. The summed E-state index contributed by atoms with van der Waals surface area (Å²) < 4.78 is 28.1. The largest absolute Gasteiger partial charge is 0.327 e. The Balaban J connectivity index is 1.49. The van der Waals surface area contributed by atoms with Crippen molar-refractivity contribution in [2.24, 2.45) is 0 Å². The molecular formula is C27H26N4O4S2. The molecule has 4 rings (SSSR count). The van der Waals surface area contributed by atoms with E-state index < -0.39 is 15.9 Å². The molecule has 3 aromatic rings. The van der Waals surface area contributed by atoms with Gasteiger partial charge in [-0.25, -0.2) is 13.4 Å². The Hall–Kier alpha value is -4.02. The van der Waals surface area contributed by atoms with Gasteiger partial charge in [0.25, 0.3) is 15.9 Å². The molecule has 0 unspecified atom stereocenters. The molecular weight excluding hydrogens is 508 g/mol. The molecule has 2 aromatic carbocycles. The predicted molar refractivity (Wildman–Crippen MR) is 147 cm³/mol. The van der Waals surface area contributed by atoms with Crippen molar-refractivity contribution >= 4 is 49.6 Å². The van der Waals surface area contributed by atoms with Gasteiger partial charge in [0.15, 0.2) is 5.13 Å². The van der Waals surface area contributed by atoms with Crippen LogP contribution in [0.15, 0.2) is 89.3 Å². The first-order valence-electron chi connectivity index (χ1n) is 11.5. The average molecular weight is 535 g/mol. The molecule has 0 aliphatic carbocycles. The summed E-state index contributed by atoms with van der Waals surface area (Å²) in [5.74, 6) is -0.672. The number of carbonyl (C=O) groups excluding carboxylic acids is 2. The number of rotatable bonds is 8. The number of anilines is 2. The number of hydrogen-bond donors (Lipinski definition) is 2. The summed E-state index contributed by atoms with van der Waals surface area (Å²) >= 11 is 1.25. The lowest BCUT2D eigenvalue weighted by atomic mass is 10.2. The van der Waals surface area contributed by atoms with Gasteiger partial charge in [0.1, 0.15) is 0 Å². The Labute approximate surface area is 220 Å². The third-order valence-corrected chi connectivity index (χ3v) is 8.23. The minimum atomic E-state index is -3.82. The van der Waals surface area contributed by atoms with E-state index in [9.17, 15) is 18.0 Å². The average Bonchev–Trinajstić information content (AvgIpc) is 3.52. The number of para-hydroxylation sites is 1. The third kappa shape index (κ3) is 5.87. The minimum Gasteiger partial charge on any atom is -0.327 e. The summed E-state index contributed by atoms with van der Waals surface area (Å²) in [5.41, 5.74) is 3.73. The highest BCUT2D eigenvalue weighted by Gasteiger charge is 2.31. The molecule has 190 valence electrons. The Morgan fingerprint density at radius 3 is 2.68 bits per heavy atom. The van der Waals surface area contributed by atoms with Crippen LogP contribution in [0.25, 0.3) is 5.57 Å². The second-order valence-corrected chi connectivity index (χ2v) is 11.0.